The van der Waals surface area contributed by atoms with E-state index in [0.717, 1.165) is 11.1 Å². The Kier molecular flexibility index (Phi) is 5.36. The number of carboxylic acid groups (broad SMARTS) is 1. The van der Waals surface area contributed by atoms with Gasteiger partial charge in [-0.25, -0.2) is 0 Å². The molecule has 0 bridgehead atoms. The highest BCUT2D eigenvalue weighted by Crippen LogP contribution is 2.25. The minimum Gasteiger partial charge on any atom is -0.481 e. The van der Waals surface area contributed by atoms with Gasteiger partial charge in [0.15, 0.2) is 0 Å². The van der Waals surface area contributed by atoms with Gasteiger partial charge < -0.3 is 9.84 Å². The van der Waals surface area contributed by atoms with E-state index in [1.54, 1.807) is 0 Å². The van der Waals surface area contributed by atoms with Gasteiger partial charge in [-0.15, -0.1) is 0 Å². The third-order valence-electron chi connectivity index (χ3n) is 2.89. The van der Waals surface area contributed by atoms with Crippen LogP contribution in [0.3, 0.4) is 0 Å². The van der Waals surface area contributed by atoms with E-state index in [2.05, 4.69) is 4.74 Å². The molecule has 0 radical (unpaired) electrons. The van der Waals surface area contributed by atoms with Crippen molar-refractivity contribution in [1.29, 1.82) is 0 Å². The monoisotopic (exact) mass is 250 g/mol. The lowest BCUT2D eigenvalue weighted by Gasteiger charge is -2.14. The number of hydrogen-bond donors (Lipinski definition) is 1. The number of aliphatic carboxylic acids is 1. The normalized spacial score (nSPS) is 11.9. The Morgan fingerprint density at radius 3 is 2.39 bits per heavy atom. The van der Waals surface area contributed by atoms with E-state index in [-0.39, 0.29) is 24.7 Å². The lowest BCUT2D eigenvalue weighted by atomic mass is 9.91. The maximum atomic E-state index is 11.1. The van der Waals surface area contributed by atoms with E-state index < -0.39 is 5.97 Å². The Hall–Kier alpha value is -1.84. The third-order valence-corrected chi connectivity index (χ3v) is 2.89. The smallest absolute Gasteiger partial charge is 0.305 e. The van der Waals surface area contributed by atoms with Crippen molar-refractivity contribution in [2.75, 3.05) is 7.11 Å². The average Bonchev–Trinajstić information content (AvgIpc) is 2.34. The van der Waals surface area contributed by atoms with Crippen molar-refractivity contribution in [2.24, 2.45) is 0 Å². The van der Waals surface area contributed by atoms with Crippen LogP contribution in [0.25, 0.3) is 0 Å². The van der Waals surface area contributed by atoms with Crippen molar-refractivity contribution in [2.45, 2.75) is 32.1 Å². The first kappa shape index (κ1) is 14.2. The first-order valence-corrected chi connectivity index (χ1v) is 5.88. The third kappa shape index (κ3) is 4.57. The molecule has 4 heteroatoms. The largest absolute Gasteiger partial charge is 0.481 e. The lowest BCUT2D eigenvalue weighted by Crippen LogP contribution is -2.09. The van der Waals surface area contributed by atoms with E-state index in [9.17, 15) is 9.59 Å². The molecular weight excluding hydrogens is 232 g/mol. The van der Waals surface area contributed by atoms with Crippen LogP contribution in [0.5, 0.6) is 0 Å². The predicted octanol–water partition coefficient (Wildman–Crippen LogP) is 2.51. The maximum absolute atomic E-state index is 11.1. The van der Waals surface area contributed by atoms with Gasteiger partial charge in [0.1, 0.15) is 0 Å². The number of benzene rings is 1. The first-order chi connectivity index (χ1) is 8.52. The molecule has 0 aromatic heterocycles. The number of esters is 1. The Morgan fingerprint density at radius 2 is 1.89 bits per heavy atom. The van der Waals surface area contributed by atoms with Gasteiger partial charge in [0.05, 0.1) is 13.5 Å². The van der Waals surface area contributed by atoms with Crippen molar-refractivity contribution >= 4 is 11.9 Å². The molecule has 0 fully saturated rings. The van der Waals surface area contributed by atoms with Crippen LogP contribution in [-0.2, 0) is 14.3 Å². The molecule has 18 heavy (non-hydrogen) atoms. The molecule has 0 amide bonds. The van der Waals surface area contributed by atoms with E-state index >= 15 is 0 Å². The summed E-state index contributed by atoms with van der Waals surface area (Å²) in [5.41, 5.74) is 2.08. The van der Waals surface area contributed by atoms with Crippen LogP contribution in [0.2, 0.25) is 0 Å². The molecular formula is C14H18O4. The second-order valence-electron chi connectivity index (χ2n) is 4.32. The van der Waals surface area contributed by atoms with Crippen LogP contribution in [0.15, 0.2) is 24.3 Å². The first-order valence-electron chi connectivity index (χ1n) is 5.88. The Labute approximate surface area is 107 Å². The van der Waals surface area contributed by atoms with Crippen LogP contribution in [0.1, 0.15) is 36.3 Å². The number of methoxy groups -OCH3 is 1. The van der Waals surface area contributed by atoms with Crippen LogP contribution in [0.4, 0.5) is 0 Å². The molecule has 1 N–H and O–H groups in total. The van der Waals surface area contributed by atoms with Gasteiger partial charge >= 0.3 is 11.9 Å². The Bertz CT molecular complexity index is 408. The average molecular weight is 250 g/mol. The maximum Gasteiger partial charge on any atom is 0.305 e. The minimum atomic E-state index is -0.856. The molecule has 0 aliphatic heterocycles. The van der Waals surface area contributed by atoms with Gasteiger partial charge in [-0.3, -0.25) is 9.59 Å². The summed E-state index contributed by atoms with van der Waals surface area (Å²) in [5, 5.41) is 8.91. The van der Waals surface area contributed by atoms with Crippen LogP contribution in [-0.4, -0.2) is 24.2 Å². The molecule has 0 saturated carbocycles. The number of carboxylic acids is 1. The van der Waals surface area contributed by atoms with Crippen molar-refractivity contribution in [3.8, 4) is 0 Å². The van der Waals surface area contributed by atoms with Gasteiger partial charge in [-0.2, -0.15) is 0 Å². The van der Waals surface area contributed by atoms with Crippen molar-refractivity contribution in [3.63, 3.8) is 0 Å². The molecule has 1 unspecified atom stereocenters. The van der Waals surface area contributed by atoms with Crippen molar-refractivity contribution in [1.82, 2.24) is 0 Å². The quantitative estimate of drug-likeness (QED) is 0.788. The number of ether oxygens (including phenoxy) is 1. The zero-order valence-electron chi connectivity index (χ0n) is 10.7. The highest BCUT2D eigenvalue weighted by atomic mass is 16.5. The zero-order valence-corrected chi connectivity index (χ0v) is 10.7. The van der Waals surface area contributed by atoms with Gasteiger partial charge in [-0.05, 0) is 24.8 Å². The summed E-state index contributed by atoms with van der Waals surface area (Å²) in [6, 6.07) is 7.73. The van der Waals surface area contributed by atoms with Gasteiger partial charge in [0, 0.05) is 6.42 Å². The molecule has 1 aromatic carbocycles. The SMILES string of the molecule is COC(=O)CCC(CC(=O)O)c1ccc(C)cc1. The zero-order chi connectivity index (χ0) is 13.5. The Morgan fingerprint density at radius 1 is 1.28 bits per heavy atom. The van der Waals surface area contributed by atoms with Gasteiger partial charge in [-0.1, -0.05) is 29.8 Å². The molecule has 98 valence electrons. The second-order valence-corrected chi connectivity index (χ2v) is 4.32. The summed E-state index contributed by atoms with van der Waals surface area (Å²) < 4.78 is 4.57. The molecule has 0 saturated heterocycles. The Balaban J connectivity index is 2.74. The number of carbonyl (C=O) groups excluding carboxylic acids is 1. The summed E-state index contributed by atoms with van der Waals surface area (Å²) in [7, 11) is 1.33. The molecule has 0 aliphatic carbocycles. The van der Waals surface area contributed by atoms with Crippen LogP contribution in [0, 0.1) is 6.92 Å². The summed E-state index contributed by atoms with van der Waals surface area (Å²) in [5.74, 6) is -1.31. The minimum absolute atomic E-state index is 0.0278. The van der Waals surface area contributed by atoms with E-state index in [1.807, 2.05) is 31.2 Å². The van der Waals surface area contributed by atoms with E-state index in [4.69, 9.17) is 5.11 Å². The molecule has 0 aliphatic rings. The summed E-state index contributed by atoms with van der Waals surface area (Å²) in [4.78, 5) is 22.0. The number of hydrogen-bond acceptors (Lipinski definition) is 3. The standard InChI is InChI=1S/C14H18O4/c1-10-3-5-11(6-4-10)12(9-13(15)16)7-8-14(17)18-2/h3-6,12H,7-9H2,1-2H3,(H,15,16). The molecule has 1 rings (SSSR count). The fourth-order valence-electron chi connectivity index (χ4n) is 1.83. The topological polar surface area (TPSA) is 63.6 Å². The predicted molar refractivity (Wildman–Crippen MR) is 67.4 cm³/mol. The molecule has 1 aromatic rings. The molecule has 0 heterocycles. The van der Waals surface area contributed by atoms with Crippen molar-refractivity contribution in [3.05, 3.63) is 35.4 Å². The summed E-state index contributed by atoms with van der Waals surface area (Å²) in [6.45, 7) is 1.98. The number of carbonyl (C=O) groups is 2. The highest BCUT2D eigenvalue weighted by Gasteiger charge is 2.17. The number of rotatable bonds is 6. The van der Waals surface area contributed by atoms with E-state index in [0.29, 0.717) is 6.42 Å². The number of aryl methyl sites for hydroxylation is 1. The molecule has 1 atom stereocenters. The summed E-state index contributed by atoms with van der Waals surface area (Å²) in [6.07, 6.45) is 0.754. The van der Waals surface area contributed by atoms with Crippen LogP contribution < -0.4 is 0 Å². The summed E-state index contributed by atoms with van der Waals surface area (Å²) >= 11 is 0. The fraction of sp³-hybridized carbons (Fsp3) is 0.429. The second kappa shape index (κ2) is 6.79. The molecule has 4 nitrogen and oxygen atoms in total. The fourth-order valence-corrected chi connectivity index (χ4v) is 1.83. The molecule has 0 spiro atoms. The van der Waals surface area contributed by atoms with Crippen molar-refractivity contribution < 1.29 is 19.4 Å². The van der Waals surface area contributed by atoms with Gasteiger partial charge in [0.2, 0.25) is 0 Å². The van der Waals surface area contributed by atoms with Gasteiger partial charge in [0.25, 0.3) is 0 Å². The van der Waals surface area contributed by atoms with Crippen LogP contribution >= 0.6 is 0 Å². The lowest BCUT2D eigenvalue weighted by molar-refractivity contribution is -0.142. The van der Waals surface area contributed by atoms with E-state index in [1.165, 1.54) is 7.11 Å². The highest BCUT2D eigenvalue weighted by molar-refractivity contribution is 5.70.